The average Bonchev–Trinajstić information content (AvgIpc) is 3.11. The first kappa shape index (κ1) is 22.3. The summed E-state index contributed by atoms with van der Waals surface area (Å²) in [4.78, 5) is 31.2. The molecule has 10 heteroatoms. The van der Waals surface area contributed by atoms with Crippen molar-refractivity contribution in [3.05, 3.63) is 50.7 Å². The minimum atomic E-state index is -0.426. The Kier molecular flexibility index (Phi) is 6.91. The predicted octanol–water partition coefficient (Wildman–Crippen LogP) is 1.14. The van der Waals surface area contributed by atoms with Gasteiger partial charge in [0.1, 0.15) is 12.4 Å². The molecule has 3 rings (SSSR count). The molecule has 0 spiro atoms. The molecule has 0 saturated heterocycles. The zero-order valence-corrected chi connectivity index (χ0v) is 18.6. The van der Waals surface area contributed by atoms with Gasteiger partial charge in [0, 0.05) is 27.7 Å². The molecule has 10 nitrogen and oxygen atoms in total. The average molecular weight is 428 g/mol. The van der Waals surface area contributed by atoms with Gasteiger partial charge in [0.05, 0.1) is 6.21 Å². The Morgan fingerprint density at radius 3 is 2.39 bits per heavy atom. The van der Waals surface area contributed by atoms with Crippen LogP contribution in [0.1, 0.15) is 19.4 Å². The number of benzene rings is 1. The summed E-state index contributed by atoms with van der Waals surface area (Å²) in [5.74, 6) is 1.17. The van der Waals surface area contributed by atoms with E-state index in [1.807, 2.05) is 24.3 Å². The van der Waals surface area contributed by atoms with Gasteiger partial charge in [0.15, 0.2) is 11.2 Å². The molecule has 2 heterocycles. The van der Waals surface area contributed by atoms with Gasteiger partial charge in [-0.25, -0.2) is 10.2 Å². The van der Waals surface area contributed by atoms with Crippen molar-refractivity contribution < 1.29 is 4.74 Å². The third kappa shape index (κ3) is 4.69. The molecule has 1 aromatic carbocycles. The summed E-state index contributed by atoms with van der Waals surface area (Å²) in [6, 6.07) is 7.62. The van der Waals surface area contributed by atoms with Crippen LogP contribution in [0.4, 0.5) is 5.95 Å². The highest BCUT2D eigenvalue weighted by Crippen LogP contribution is 2.14. The molecule has 2 aromatic heterocycles. The van der Waals surface area contributed by atoms with Crippen LogP contribution in [-0.4, -0.2) is 56.0 Å². The standard InChI is InChI=1S/C21H29N7O3/c1-6-28(7-2)12-13-31-16-10-8-15(9-11-16)14-22-24-20-23-18-17(25(20)3)19(29)27(5)21(30)26(18)4/h8-11,14H,6-7,12-13H2,1-5H3,(H,23,24)/b22-14+. The first-order valence-electron chi connectivity index (χ1n) is 10.2. The maximum absolute atomic E-state index is 12.4. The lowest BCUT2D eigenvalue weighted by molar-refractivity contribution is 0.223. The highest BCUT2D eigenvalue weighted by Gasteiger charge is 2.16. The SMILES string of the molecule is CCN(CC)CCOc1ccc(/C=N/Nc2nc3c(c(=O)n(C)c(=O)n3C)n2C)cc1. The van der Waals surface area contributed by atoms with Gasteiger partial charge < -0.3 is 14.2 Å². The van der Waals surface area contributed by atoms with E-state index in [4.69, 9.17) is 4.74 Å². The molecule has 0 fully saturated rings. The van der Waals surface area contributed by atoms with Crippen LogP contribution in [0.2, 0.25) is 0 Å². The molecule has 0 atom stereocenters. The predicted molar refractivity (Wildman–Crippen MR) is 122 cm³/mol. The molecule has 31 heavy (non-hydrogen) atoms. The number of fused-ring (bicyclic) bond motifs is 1. The molecular weight excluding hydrogens is 398 g/mol. The smallest absolute Gasteiger partial charge is 0.332 e. The van der Waals surface area contributed by atoms with Crippen molar-refractivity contribution in [2.75, 3.05) is 31.7 Å². The third-order valence-electron chi connectivity index (χ3n) is 5.30. The van der Waals surface area contributed by atoms with Crippen LogP contribution in [0.15, 0.2) is 39.0 Å². The van der Waals surface area contributed by atoms with Crippen molar-refractivity contribution in [3.63, 3.8) is 0 Å². The van der Waals surface area contributed by atoms with Crippen LogP contribution in [0.5, 0.6) is 5.75 Å². The lowest BCUT2D eigenvalue weighted by Crippen LogP contribution is -2.37. The molecule has 3 aromatic rings. The quantitative estimate of drug-likeness (QED) is 0.406. The van der Waals surface area contributed by atoms with Crippen LogP contribution < -0.4 is 21.4 Å². The second-order valence-corrected chi connectivity index (χ2v) is 7.19. The Hall–Kier alpha value is -3.40. The minimum Gasteiger partial charge on any atom is -0.492 e. The number of imidazole rings is 1. The van der Waals surface area contributed by atoms with Crippen molar-refractivity contribution in [1.29, 1.82) is 0 Å². The monoisotopic (exact) mass is 427 g/mol. The Balaban J connectivity index is 1.67. The molecule has 0 aliphatic rings. The van der Waals surface area contributed by atoms with Gasteiger partial charge in [-0.2, -0.15) is 10.1 Å². The Morgan fingerprint density at radius 1 is 1.06 bits per heavy atom. The summed E-state index contributed by atoms with van der Waals surface area (Å²) >= 11 is 0. The summed E-state index contributed by atoms with van der Waals surface area (Å²) in [5, 5.41) is 4.21. The summed E-state index contributed by atoms with van der Waals surface area (Å²) < 4.78 is 9.77. The van der Waals surface area contributed by atoms with Gasteiger partial charge in [-0.15, -0.1) is 0 Å². The molecule has 0 saturated carbocycles. The van der Waals surface area contributed by atoms with E-state index in [-0.39, 0.29) is 0 Å². The molecule has 0 unspecified atom stereocenters. The normalized spacial score (nSPS) is 11.7. The van der Waals surface area contributed by atoms with Gasteiger partial charge in [0.25, 0.3) is 5.56 Å². The molecule has 0 radical (unpaired) electrons. The largest absolute Gasteiger partial charge is 0.492 e. The number of aryl methyl sites for hydroxylation is 2. The van der Waals surface area contributed by atoms with Crippen molar-refractivity contribution >= 4 is 23.3 Å². The molecule has 0 amide bonds. The van der Waals surface area contributed by atoms with Crippen molar-refractivity contribution in [2.45, 2.75) is 13.8 Å². The minimum absolute atomic E-state index is 0.305. The first-order chi connectivity index (χ1) is 14.9. The number of rotatable bonds is 9. The maximum Gasteiger partial charge on any atom is 0.332 e. The Labute approximate surface area is 180 Å². The second kappa shape index (κ2) is 9.61. The zero-order chi connectivity index (χ0) is 22.5. The molecule has 0 bridgehead atoms. The second-order valence-electron chi connectivity index (χ2n) is 7.19. The van der Waals surface area contributed by atoms with Gasteiger partial charge in [-0.05, 0) is 42.9 Å². The summed E-state index contributed by atoms with van der Waals surface area (Å²) in [6.45, 7) is 7.84. The fourth-order valence-corrected chi connectivity index (χ4v) is 3.27. The fourth-order valence-electron chi connectivity index (χ4n) is 3.27. The summed E-state index contributed by atoms with van der Waals surface area (Å²) in [5.41, 5.74) is 3.53. The zero-order valence-electron chi connectivity index (χ0n) is 18.6. The molecule has 166 valence electrons. The van der Waals surface area contributed by atoms with E-state index in [1.165, 1.54) is 11.6 Å². The Morgan fingerprint density at radius 2 is 1.74 bits per heavy atom. The third-order valence-corrected chi connectivity index (χ3v) is 5.30. The van der Waals surface area contributed by atoms with Crippen LogP contribution in [0.3, 0.4) is 0 Å². The van der Waals surface area contributed by atoms with E-state index in [9.17, 15) is 9.59 Å². The Bertz CT molecular complexity index is 1180. The highest BCUT2D eigenvalue weighted by atomic mass is 16.5. The van der Waals surface area contributed by atoms with E-state index in [0.717, 1.165) is 35.5 Å². The number of likely N-dealkylation sites (N-methyl/N-ethyl adjacent to an activating group) is 1. The first-order valence-corrected chi connectivity index (χ1v) is 10.2. The van der Waals surface area contributed by atoms with E-state index in [0.29, 0.717) is 23.7 Å². The maximum atomic E-state index is 12.4. The number of nitrogens with one attached hydrogen (secondary N) is 1. The number of anilines is 1. The molecule has 0 aliphatic heterocycles. The summed E-state index contributed by atoms with van der Waals surface area (Å²) in [7, 11) is 4.72. The molecule has 0 aliphatic carbocycles. The fraction of sp³-hybridized carbons (Fsp3) is 0.429. The lowest BCUT2D eigenvalue weighted by Gasteiger charge is -2.17. The van der Waals surface area contributed by atoms with E-state index < -0.39 is 11.2 Å². The number of nitrogens with zero attached hydrogens (tertiary/aromatic N) is 6. The van der Waals surface area contributed by atoms with Gasteiger partial charge in [-0.1, -0.05) is 13.8 Å². The van der Waals surface area contributed by atoms with Crippen LogP contribution in [-0.2, 0) is 21.1 Å². The van der Waals surface area contributed by atoms with Crippen molar-refractivity contribution in [1.82, 2.24) is 23.6 Å². The van der Waals surface area contributed by atoms with Crippen LogP contribution in [0, 0.1) is 0 Å². The van der Waals surface area contributed by atoms with Gasteiger partial charge >= 0.3 is 5.69 Å². The van der Waals surface area contributed by atoms with E-state index in [2.05, 4.69) is 34.3 Å². The molecular formula is C21H29N7O3. The topological polar surface area (TPSA) is 98.7 Å². The highest BCUT2D eigenvalue weighted by molar-refractivity contribution is 5.80. The number of ether oxygens (including phenoxy) is 1. The van der Waals surface area contributed by atoms with E-state index >= 15 is 0 Å². The van der Waals surface area contributed by atoms with Gasteiger partial charge in [-0.3, -0.25) is 13.9 Å². The molecule has 1 N–H and O–H groups in total. The summed E-state index contributed by atoms with van der Waals surface area (Å²) in [6.07, 6.45) is 1.65. The number of hydrogen-bond acceptors (Lipinski definition) is 7. The van der Waals surface area contributed by atoms with Crippen molar-refractivity contribution in [3.8, 4) is 5.75 Å². The van der Waals surface area contributed by atoms with Crippen LogP contribution in [0.25, 0.3) is 11.2 Å². The number of hydrazone groups is 1. The number of aromatic nitrogens is 4. The number of hydrogen-bond donors (Lipinski definition) is 1. The van der Waals surface area contributed by atoms with E-state index in [1.54, 1.807) is 24.9 Å². The lowest BCUT2D eigenvalue weighted by atomic mass is 10.2. The van der Waals surface area contributed by atoms with Crippen LogP contribution >= 0.6 is 0 Å². The van der Waals surface area contributed by atoms with Gasteiger partial charge in [0.2, 0.25) is 5.95 Å². The van der Waals surface area contributed by atoms with Crippen molar-refractivity contribution in [2.24, 2.45) is 26.2 Å².